The molecule has 0 aromatic carbocycles. The van der Waals surface area contributed by atoms with Crippen LogP contribution in [0.5, 0.6) is 0 Å². The zero-order chi connectivity index (χ0) is 20.8. The van der Waals surface area contributed by atoms with Crippen LogP contribution in [0.3, 0.4) is 0 Å². The monoisotopic (exact) mass is 407 g/mol. The minimum atomic E-state index is -4.08. The summed E-state index contributed by atoms with van der Waals surface area (Å²) < 4.78 is 34.0. The van der Waals surface area contributed by atoms with Gasteiger partial charge in [0, 0.05) is 12.2 Å². The van der Waals surface area contributed by atoms with E-state index < -0.39 is 10.1 Å². The van der Waals surface area contributed by atoms with Gasteiger partial charge >= 0.3 is 0 Å². The number of quaternary nitrogens is 2. The van der Waals surface area contributed by atoms with Crippen molar-refractivity contribution >= 4 is 10.1 Å². The van der Waals surface area contributed by atoms with Crippen molar-refractivity contribution in [2.45, 2.75) is 77.6 Å². The molecule has 0 amide bonds. The second-order valence-electron chi connectivity index (χ2n) is 9.56. The number of nitrogens with zero attached hydrogens (tertiary/aromatic N) is 2. The first-order valence-electron chi connectivity index (χ1n) is 11.0. The summed E-state index contributed by atoms with van der Waals surface area (Å²) in [6.45, 7) is 6.28. The maximum Gasteiger partial charge on any atom is 0.128 e. The Bertz CT molecular complexity index is 462. The van der Waals surface area contributed by atoms with Crippen LogP contribution in [0.4, 0.5) is 0 Å². The zero-order valence-corrected chi connectivity index (χ0v) is 19.7. The van der Waals surface area contributed by atoms with Crippen LogP contribution in [0.2, 0.25) is 0 Å². The third kappa shape index (κ3) is 18.9. The lowest BCUT2D eigenvalue weighted by molar-refractivity contribution is -0.945. The average Bonchev–Trinajstić information content (AvgIpc) is 2.53. The summed E-state index contributed by atoms with van der Waals surface area (Å²) in [5.74, 6) is -0.245. The molecule has 0 radical (unpaired) electrons. The van der Waals surface area contributed by atoms with Gasteiger partial charge < -0.3 is 13.5 Å². The summed E-state index contributed by atoms with van der Waals surface area (Å²) in [5.41, 5.74) is 0. The summed E-state index contributed by atoms with van der Waals surface area (Å²) >= 11 is 0. The first-order valence-corrected chi connectivity index (χ1v) is 12.6. The molecule has 0 rings (SSSR count). The third-order valence-electron chi connectivity index (χ3n) is 5.59. The minimum Gasteiger partial charge on any atom is -0.748 e. The molecule has 27 heavy (non-hydrogen) atoms. The lowest BCUT2D eigenvalue weighted by Crippen LogP contribution is -2.51. The topological polar surface area (TPSA) is 57.2 Å². The molecule has 0 aliphatic rings. The maximum atomic E-state index is 10.7. The van der Waals surface area contributed by atoms with Gasteiger partial charge in [-0.05, 0) is 12.8 Å². The van der Waals surface area contributed by atoms with E-state index in [-0.39, 0.29) is 5.75 Å². The molecular formula is C21H47N2O3S+. The average molecular weight is 408 g/mol. The van der Waals surface area contributed by atoms with E-state index in [4.69, 9.17) is 0 Å². The Morgan fingerprint density at radius 2 is 0.963 bits per heavy atom. The number of unbranched alkanes of at least 4 members (excludes halogenated alkanes) is 9. The van der Waals surface area contributed by atoms with Gasteiger partial charge in [0.15, 0.2) is 0 Å². The predicted octanol–water partition coefficient (Wildman–Crippen LogP) is 4.00. The van der Waals surface area contributed by atoms with Gasteiger partial charge in [-0.3, -0.25) is 0 Å². The fourth-order valence-corrected chi connectivity index (χ4v) is 3.94. The van der Waals surface area contributed by atoms with Gasteiger partial charge in [-0.1, -0.05) is 58.3 Å². The molecule has 0 N–H and O–H groups in total. The molecule has 0 heterocycles. The van der Waals surface area contributed by atoms with Crippen molar-refractivity contribution in [1.82, 2.24) is 0 Å². The van der Waals surface area contributed by atoms with Crippen LogP contribution in [-0.4, -0.2) is 82.1 Å². The van der Waals surface area contributed by atoms with E-state index in [9.17, 15) is 13.0 Å². The molecule has 0 aliphatic heterocycles. The summed E-state index contributed by atoms with van der Waals surface area (Å²) in [4.78, 5) is 0. The van der Waals surface area contributed by atoms with Crippen molar-refractivity contribution in [1.29, 1.82) is 0 Å². The lowest BCUT2D eigenvalue weighted by atomic mass is 10.1. The van der Waals surface area contributed by atoms with Gasteiger partial charge in [0.05, 0.1) is 51.4 Å². The van der Waals surface area contributed by atoms with Crippen LogP contribution in [0.25, 0.3) is 0 Å². The van der Waals surface area contributed by atoms with Gasteiger partial charge in [0.2, 0.25) is 0 Å². The largest absolute Gasteiger partial charge is 0.748 e. The first kappa shape index (κ1) is 26.8. The highest BCUT2D eigenvalue weighted by atomic mass is 32.2. The van der Waals surface area contributed by atoms with Crippen LogP contribution in [0.15, 0.2) is 0 Å². The molecule has 0 fully saturated rings. The molecule has 0 saturated heterocycles. The fraction of sp³-hybridized carbons (Fsp3) is 1.00. The van der Waals surface area contributed by atoms with Crippen LogP contribution >= 0.6 is 0 Å². The summed E-state index contributed by atoms with van der Waals surface area (Å²) in [6.07, 6.45) is 14.1. The van der Waals surface area contributed by atoms with Crippen molar-refractivity contribution in [2.24, 2.45) is 0 Å². The highest BCUT2D eigenvalue weighted by Crippen LogP contribution is 2.12. The number of hydrogen-bond acceptors (Lipinski definition) is 3. The van der Waals surface area contributed by atoms with Crippen molar-refractivity contribution in [2.75, 3.05) is 60.1 Å². The Balaban J connectivity index is 3.77. The molecule has 0 bridgehead atoms. The number of likely N-dealkylation sites (N-methyl/N-ethyl adjacent to an activating group) is 2. The molecular weight excluding hydrogens is 360 g/mol. The predicted molar refractivity (Wildman–Crippen MR) is 115 cm³/mol. The second kappa shape index (κ2) is 13.9. The van der Waals surface area contributed by atoms with Crippen LogP contribution in [0, 0.1) is 0 Å². The van der Waals surface area contributed by atoms with E-state index in [1.165, 1.54) is 70.8 Å². The highest BCUT2D eigenvalue weighted by Gasteiger charge is 2.22. The molecule has 0 aliphatic carbocycles. The Labute approximate surface area is 170 Å². The first-order chi connectivity index (χ1) is 12.5. The minimum absolute atomic E-state index is 0.245. The summed E-state index contributed by atoms with van der Waals surface area (Å²) in [6, 6.07) is 0. The smallest absolute Gasteiger partial charge is 0.128 e. The second-order valence-corrected chi connectivity index (χ2v) is 11.1. The van der Waals surface area contributed by atoms with Crippen molar-refractivity contribution in [3.63, 3.8) is 0 Å². The van der Waals surface area contributed by atoms with E-state index >= 15 is 0 Å². The number of rotatable bonds is 18. The quantitative estimate of drug-likeness (QED) is 0.196. The van der Waals surface area contributed by atoms with E-state index in [0.29, 0.717) is 6.42 Å². The molecule has 0 aromatic heterocycles. The third-order valence-corrected chi connectivity index (χ3v) is 6.37. The maximum absolute atomic E-state index is 10.7. The van der Waals surface area contributed by atoms with Crippen molar-refractivity contribution < 1.29 is 21.9 Å². The van der Waals surface area contributed by atoms with Crippen LogP contribution < -0.4 is 0 Å². The van der Waals surface area contributed by atoms with Gasteiger partial charge in [-0.25, -0.2) is 8.42 Å². The van der Waals surface area contributed by atoms with Crippen molar-refractivity contribution in [3.05, 3.63) is 0 Å². The lowest BCUT2D eigenvalue weighted by Gasteiger charge is -2.36. The van der Waals surface area contributed by atoms with Crippen LogP contribution in [0.1, 0.15) is 77.6 Å². The molecule has 164 valence electrons. The summed E-state index contributed by atoms with van der Waals surface area (Å²) in [7, 11) is 4.74. The molecule has 0 atom stereocenters. The SMILES string of the molecule is CCCCCCCCCCCC[N+](C)(C)CC[N+](C)(C)CCCS(=O)(=O)[O-]. The standard InChI is InChI=1S/C21H47N2O3S/c1-6-7-8-9-10-11-12-13-14-15-17-22(2,3)19-20-23(4,5)18-16-21-27(24,25)26/h6-21H2,1-5H3/q+1. The molecule has 6 heteroatoms. The Morgan fingerprint density at radius 3 is 1.37 bits per heavy atom. The van der Waals surface area contributed by atoms with E-state index in [1.54, 1.807) is 0 Å². The highest BCUT2D eigenvalue weighted by molar-refractivity contribution is 7.85. The van der Waals surface area contributed by atoms with Gasteiger partial charge in [-0.15, -0.1) is 0 Å². The molecule has 0 unspecified atom stereocenters. The van der Waals surface area contributed by atoms with Gasteiger partial charge in [-0.2, -0.15) is 0 Å². The Kier molecular flexibility index (Phi) is 13.8. The summed E-state index contributed by atoms with van der Waals surface area (Å²) in [5, 5.41) is 0. The molecule has 0 spiro atoms. The Hall–Kier alpha value is -0.170. The molecule has 0 aromatic rings. The van der Waals surface area contributed by atoms with Gasteiger partial charge in [0.1, 0.15) is 13.1 Å². The van der Waals surface area contributed by atoms with Gasteiger partial charge in [0.25, 0.3) is 0 Å². The fourth-order valence-electron chi connectivity index (χ4n) is 3.46. The van der Waals surface area contributed by atoms with Crippen molar-refractivity contribution in [3.8, 4) is 0 Å². The van der Waals surface area contributed by atoms with Crippen LogP contribution in [-0.2, 0) is 10.1 Å². The van der Waals surface area contributed by atoms with E-state index in [2.05, 4.69) is 35.1 Å². The van der Waals surface area contributed by atoms with E-state index in [1.807, 2.05) is 0 Å². The normalized spacial score (nSPS) is 13.3. The number of hydrogen-bond donors (Lipinski definition) is 0. The zero-order valence-electron chi connectivity index (χ0n) is 18.8. The molecule has 5 nitrogen and oxygen atoms in total. The Morgan fingerprint density at radius 1 is 0.593 bits per heavy atom. The van der Waals surface area contributed by atoms with E-state index in [0.717, 1.165) is 28.6 Å². The molecule has 0 saturated carbocycles.